The molecule has 2 aromatic rings. The lowest BCUT2D eigenvalue weighted by Gasteiger charge is -2.31. The van der Waals surface area contributed by atoms with E-state index in [0.29, 0.717) is 30.4 Å². The fourth-order valence-electron chi connectivity index (χ4n) is 5.22. The molecule has 1 aliphatic heterocycles. The molecule has 186 valence electrons. The first-order valence-electron chi connectivity index (χ1n) is 12.6. The van der Waals surface area contributed by atoms with E-state index in [9.17, 15) is 19.5 Å². The minimum atomic E-state index is -0.912. The molecule has 7 nitrogen and oxygen atoms in total. The molecule has 1 saturated heterocycles. The molecule has 0 aromatic heterocycles. The summed E-state index contributed by atoms with van der Waals surface area (Å²) >= 11 is 0. The van der Waals surface area contributed by atoms with Gasteiger partial charge in [-0.15, -0.1) is 0 Å². The topological polar surface area (TPSA) is 98.7 Å². The number of carbonyl (C=O) groups is 3. The third kappa shape index (κ3) is 6.02. The molecule has 35 heavy (non-hydrogen) atoms. The minimum Gasteiger partial charge on any atom is -0.478 e. The van der Waals surface area contributed by atoms with Gasteiger partial charge in [-0.05, 0) is 85.8 Å². The summed E-state index contributed by atoms with van der Waals surface area (Å²) in [7, 11) is 0. The van der Waals surface area contributed by atoms with Crippen molar-refractivity contribution in [2.24, 2.45) is 0 Å². The normalized spacial score (nSPS) is 22.1. The number of urea groups is 1. The van der Waals surface area contributed by atoms with Crippen molar-refractivity contribution in [1.82, 2.24) is 10.2 Å². The molecule has 3 N–H and O–H groups in total. The number of likely N-dealkylation sites (tertiary alicyclic amines) is 1. The smallest absolute Gasteiger partial charge is 0.335 e. The SMILES string of the molecule is CC(C)c1ccc(NC(=O)N2CCC[C@@H]2C(=O)NC2CCC(c3cccc(C(=O)O)c3)CC2)cc1. The average molecular weight is 478 g/mol. The molecule has 4 rings (SSSR count). The highest BCUT2D eigenvalue weighted by atomic mass is 16.4. The zero-order valence-electron chi connectivity index (χ0n) is 20.5. The number of carbonyl (C=O) groups excluding carboxylic acids is 2. The molecule has 3 amide bonds. The molecule has 0 spiro atoms. The van der Waals surface area contributed by atoms with Crippen molar-refractivity contribution in [3.05, 3.63) is 65.2 Å². The first-order valence-corrected chi connectivity index (χ1v) is 12.6. The Hall–Kier alpha value is -3.35. The van der Waals surface area contributed by atoms with Crippen LogP contribution in [-0.4, -0.2) is 46.5 Å². The largest absolute Gasteiger partial charge is 0.478 e. The Labute approximate surface area is 206 Å². The van der Waals surface area contributed by atoms with Crippen LogP contribution in [0.5, 0.6) is 0 Å². The van der Waals surface area contributed by atoms with Crippen LogP contribution in [-0.2, 0) is 4.79 Å². The molecule has 1 aliphatic carbocycles. The van der Waals surface area contributed by atoms with Crippen molar-refractivity contribution in [2.75, 3.05) is 11.9 Å². The molecule has 7 heteroatoms. The summed E-state index contributed by atoms with van der Waals surface area (Å²) in [5.41, 5.74) is 3.31. The number of hydrogen-bond donors (Lipinski definition) is 3. The number of benzene rings is 2. The summed E-state index contributed by atoms with van der Waals surface area (Å²) in [5.74, 6) is -0.260. The van der Waals surface area contributed by atoms with Crippen LogP contribution in [0, 0.1) is 0 Å². The van der Waals surface area contributed by atoms with E-state index in [1.807, 2.05) is 30.3 Å². The number of carboxylic acids is 1. The van der Waals surface area contributed by atoms with Gasteiger partial charge in [0.2, 0.25) is 5.91 Å². The second-order valence-electron chi connectivity index (χ2n) is 10.0. The van der Waals surface area contributed by atoms with Crippen molar-refractivity contribution >= 4 is 23.6 Å². The maximum atomic E-state index is 13.1. The lowest BCUT2D eigenvalue weighted by Crippen LogP contribution is -2.50. The zero-order valence-corrected chi connectivity index (χ0v) is 20.5. The van der Waals surface area contributed by atoms with Crippen LogP contribution in [0.25, 0.3) is 0 Å². The quantitative estimate of drug-likeness (QED) is 0.522. The number of aromatic carboxylic acids is 1. The first-order chi connectivity index (χ1) is 16.8. The summed E-state index contributed by atoms with van der Waals surface area (Å²) in [6, 6.07) is 14.4. The second-order valence-corrected chi connectivity index (χ2v) is 10.0. The van der Waals surface area contributed by atoms with Gasteiger partial charge in [0, 0.05) is 18.3 Å². The van der Waals surface area contributed by atoms with Crippen molar-refractivity contribution in [3.8, 4) is 0 Å². The van der Waals surface area contributed by atoms with Crippen LogP contribution in [0.3, 0.4) is 0 Å². The molecule has 0 radical (unpaired) electrons. The van der Waals surface area contributed by atoms with Crippen LogP contribution < -0.4 is 10.6 Å². The van der Waals surface area contributed by atoms with E-state index < -0.39 is 12.0 Å². The van der Waals surface area contributed by atoms with Gasteiger partial charge in [0.1, 0.15) is 6.04 Å². The van der Waals surface area contributed by atoms with Crippen LogP contribution in [0.15, 0.2) is 48.5 Å². The van der Waals surface area contributed by atoms with E-state index in [1.165, 1.54) is 5.56 Å². The molecular formula is C28H35N3O4. The van der Waals surface area contributed by atoms with Crippen molar-refractivity contribution in [2.45, 2.75) is 76.3 Å². The van der Waals surface area contributed by atoms with Gasteiger partial charge in [-0.3, -0.25) is 4.79 Å². The number of carboxylic acid groups (broad SMARTS) is 1. The molecule has 2 fully saturated rings. The summed E-state index contributed by atoms with van der Waals surface area (Å²) in [4.78, 5) is 38.9. The number of hydrogen-bond acceptors (Lipinski definition) is 3. The molecule has 1 saturated carbocycles. The molecule has 2 aliphatic rings. The summed E-state index contributed by atoms with van der Waals surface area (Å²) in [6.45, 7) is 4.83. The van der Waals surface area contributed by atoms with E-state index in [0.717, 1.165) is 43.4 Å². The zero-order chi connectivity index (χ0) is 24.9. The van der Waals surface area contributed by atoms with Gasteiger partial charge in [-0.2, -0.15) is 0 Å². The standard InChI is InChI=1S/C28H35N3O4/c1-18(2)19-8-12-24(13-9-19)30-28(35)31-16-4-7-25(31)26(32)29-23-14-10-20(11-15-23)21-5-3-6-22(17-21)27(33)34/h3,5-6,8-9,12-13,17-18,20,23,25H,4,7,10-11,14-16H2,1-2H3,(H,29,32)(H,30,35)(H,33,34)/t20?,23?,25-/m1/s1. The highest BCUT2D eigenvalue weighted by Crippen LogP contribution is 2.33. The summed E-state index contributed by atoms with van der Waals surface area (Å²) in [5, 5.41) is 15.4. The van der Waals surface area contributed by atoms with Crippen LogP contribution in [0.2, 0.25) is 0 Å². The number of anilines is 1. The Morgan fingerprint density at radius 2 is 1.69 bits per heavy atom. The predicted molar refractivity (Wildman–Crippen MR) is 136 cm³/mol. The van der Waals surface area contributed by atoms with Gasteiger partial charge in [0.25, 0.3) is 0 Å². The third-order valence-corrected chi connectivity index (χ3v) is 7.32. The number of rotatable bonds is 6. The van der Waals surface area contributed by atoms with Gasteiger partial charge in [-0.1, -0.05) is 38.1 Å². The van der Waals surface area contributed by atoms with Crippen LogP contribution in [0.4, 0.5) is 10.5 Å². The highest BCUT2D eigenvalue weighted by molar-refractivity contribution is 5.94. The van der Waals surface area contributed by atoms with Gasteiger partial charge in [0.05, 0.1) is 5.56 Å². The number of nitrogens with one attached hydrogen (secondary N) is 2. The van der Waals surface area contributed by atoms with E-state index in [-0.39, 0.29) is 18.0 Å². The monoisotopic (exact) mass is 477 g/mol. The van der Waals surface area contributed by atoms with Crippen molar-refractivity contribution in [1.29, 1.82) is 0 Å². The molecule has 0 unspecified atom stereocenters. The number of nitrogens with zero attached hydrogens (tertiary/aromatic N) is 1. The Balaban J connectivity index is 1.29. The minimum absolute atomic E-state index is 0.0792. The fourth-order valence-corrected chi connectivity index (χ4v) is 5.22. The molecule has 0 bridgehead atoms. The molecule has 1 heterocycles. The number of amides is 3. The Morgan fingerprint density at radius 1 is 0.971 bits per heavy atom. The van der Waals surface area contributed by atoms with Gasteiger partial charge >= 0.3 is 12.0 Å². The van der Waals surface area contributed by atoms with Crippen molar-refractivity contribution in [3.63, 3.8) is 0 Å². The van der Waals surface area contributed by atoms with Crippen molar-refractivity contribution < 1.29 is 19.5 Å². The van der Waals surface area contributed by atoms with Gasteiger partial charge in [-0.25, -0.2) is 9.59 Å². The lowest BCUT2D eigenvalue weighted by molar-refractivity contribution is -0.125. The Kier molecular flexibility index (Phi) is 7.73. The Morgan fingerprint density at radius 3 is 2.34 bits per heavy atom. The third-order valence-electron chi connectivity index (χ3n) is 7.32. The maximum Gasteiger partial charge on any atom is 0.335 e. The Bertz CT molecular complexity index is 1060. The highest BCUT2D eigenvalue weighted by Gasteiger charge is 2.35. The van der Waals surface area contributed by atoms with Crippen LogP contribution in [0.1, 0.15) is 85.7 Å². The van der Waals surface area contributed by atoms with E-state index in [1.54, 1.807) is 23.1 Å². The maximum absolute atomic E-state index is 13.1. The van der Waals surface area contributed by atoms with Crippen LogP contribution >= 0.6 is 0 Å². The predicted octanol–water partition coefficient (Wildman–Crippen LogP) is 5.35. The molecule has 1 atom stereocenters. The van der Waals surface area contributed by atoms with E-state index in [4.69, 9.17) is 0 Å². The van der Waals surface area contributed by atoms with E-state index in [2.05, 4.69) is 24.5 Å². The summed E-state index contributed by atoms with van der Waals surface area (Å²) < 4.78 is 0. The average Bonchev–Trinajstić information content (AvgIpc) is 3.35. The van der Waals surface area contributed by atoms with E-state index >= 15 is 0 Å². The fraction of sp³-hybridized carbons (Fsp3) is 0.464. The lowest BCUT2D eigenvalue weighted by atomic mass is 9.81. The second kappa shape index (κ2) is 10.9. The summed E-state index contributed by atoms with van der Waals surface area (Å²) in [6.07, 6.45) is 4.96. The van der Waals surface area contributed by atoms with Gasteiger partial charge in [0.15, 0.2) is 0 Å². The molecular weight excluding hydrogens is 442 g/mol. The molecule has 2 aromatic carbocycles. The van der Waals surface area contributed by atoms with Gasteiger partial charge < -0.3 is 20.6 Å². The first kappa shape index (κ1) is 24.8.